The summed E-state index contributed by atoms with van der Waals surface area (Å²) in [6, 6.07) is 9.48. The molecule has 4 rings (SSSR count). The molecule has 0 atom stereocenters. The molecule has 1 aliphatic heterocycles. The summed E-state index contributed by atoms with van der Waals surface area (Å²) in [5.41, 5.74) is 3.14. The summed E-state index contributed by atoms with van der Waals surface area (Å²) in [6.07, 6.45) is 3.45. The van der Waals surface area contributed by atoms with Gasteiger partial charge in [-0.05, 0) is 51.7 Å². The van der Waals surface area contributed by atoms with Crippen molar-refractivity contribution >= 4 is 10.8 Å². The number of nitrogens with zero attached hydrogens (tertiary/aromatic N) is 1. The highest BCUT2D eigenvalue weighted by molar-refractivity contribution is 6.00. The molecule has 0 fully saturated rings. The van der Waals surface area contributed by atoms with Gasteiger partial charge in [0.1, 0.15) is 0 Å². The van der Waals surface area contributed by atoms with Crippen molar-refractivity contribution in [1.29, 1.82) is 0 Å². The Kier molecular flexibility index (Phi) is 3.37. The molecule has 0 saturated heterocycles. The van der Waals surface area contributed by atoms with Crippen molar-refractivity contribution in [3.63, 3.8) is 0 Å². The van der Waals surface area contributed by atoms with Gasteiger partial charge in [-0.15, -0.1) is 0 Å². The van der Waals surface area contributed by atoms with Crippen LogP contribution in [0.15, 0.2) is 42.7 Å². The average molecular weight is 309 g/mol. The molecule has 3 aromatic rings. The summed E-state index contributed by atoms with van der Waals surface area (Å²) in [6.45, 7) is -0.106. The van der Waals surface area contributed by atoms with Gasteiger partial charge in [0, 0.05) is 18.0 Å². The van der Waals surface area contributed by atoms with E-state index in [0.717, 1.165) is 21.9 Å². The molecule has 0 aliphatic carbocycles. The minimum atomic E-state index is -0.162. The predicted molar refractivity (Wildman–Crippen MR) is 85.1 cm³/mol. The van der Waals surface area contributed by atoms with Gasteiger partial charge in [0.15, 0.2) is 11.5 Å². The number of fused-ring (bicyclic) bond motifs is 2. The molecule has 0 saturated carbocycles. The van der Waals surface area contributed by atoms with Crippen molar-refractivity contribution in [3.8, 4) is 22.6 Å². The van der Waals surface area contributed by atoms with E-state index in [2.05, 4.69) is 4.98 Å². The Morgan fingerprint density at radius 2 is 1.87 bits per heavy atom. The molecule has 116 valence electrons. The minimum absolute atomic E-state index is 0.145. The standard InChI is InChI=1S/C18H15NO4/c20-8-13-4-12-5-16-17(23-10-22-16)6-14(12)18(15(13)9-21)11-2-1-3-19-7-11/h1-7,20-21H,8-10H2. The first-order valence-electron chi connectivity index (χ1n) is 7.32. The Morgan fingerprint density at radius 3 is 2.57 bits per heavy atom. The monoisotopic (exact) mass is 309 g/mol. The summed E-state index contributed by atoms with van der Waals surface area (Å²) >= 11 is 0. The first-order chi connectivity index (χ1) is 11.3. The lowest BCUT2D eigenvalue weighted by atomic mass is 9.90. The number of hydrogen-bond acceptors (Lipinski definition) is 5. The van der Waals surface area contributed by atoms with E-state index in [1.165, 1.54) is 0 Å². The van der Waals surface area contributed by atoms with Crippen LogP contribution in [-0.2, 0) is 13.2 Å². The van der Waals surface area contributed by atoms with Crippen molar-refractivity contribution in [2.45, 2.75) is 13.2 Å². The zero-order valence-electron chi connectivity index (χ0n) is 12.3. The van der Waals surface area contributed by atoms with Crippen LogP contribution in [0.1, 0.15) is 11.1 Å². The highest BCUT2D eigenvalue weighted by Gasteiger charge is 2.20. The topological polar surface area (TPSA) is 71.8 Å². The van der Waals surface area contributed by atoms with Crippen molar-refractivity contribution in [2.75, 3.05) is 6.79 Å². The van der Waals surface area contributed by atoms with E-state index in [0.29, 0.717) is 22.6 Å². The maximum Gasteiger partial charge on any atom is 0.231 e. The third-order valence-electron chi connectivity index (χ3n) is 4.11. The van der Waals surface area contributed by atoms with Crippen molar-refractivity contribution in [2.24, 2.45) is 0 Å². The fourth-order valence-corrected chi connectivity index (χ4v) is 3.05. The van der Waals surface area contributed by atoms with E-state index in [-0.39, 0.29) is 20.0 Å². The Morgan fingerprint density at radius 1 is 1.04 bits per heavy atom. The summed E-state index contributed by atoms with van der Waals surface area (Å²) in [4.78, 5) is 4.17. The number of rotatable bonds is 3. The molecule has 0 spiro atoms. The van der Waals surface area contributed by atoms with Gasteiger partial charge in [-0.1, -0.05) is 6.07 Å². The molecular weight excluding hydrogens is 294 g/mol. The van der Waals surface area contributed by atoms with E-state index in [4.69, 9.17) is 9.47 Å². The van der Waals surface area contributed by atoms with Gasteiger partial charge < -0.3 is 19.7 Å². The number of pyridine rings is 1. The SMILES string of the molecule is OCc1cc2cc3c(cc2c(-c2cccnc2)c1CO)OCO3. The van der Waals surface area contributed by atoms with Crippen molar-refractivity contribution in [3.05, 3.63) is 53.9 Å². The molecule has 23 heavy (non-hydrogen) atoms. The van der Waals surface area contributed by atoms with Crippen LogP contribution in [-0.4, -0.2) is 22.0 Å². The maximum atomic E-state index is 9.86. The fraction of sp³-hybridized carbons (Fsp3) is 0.167. The zero-order chi connectivity index (χ0) is 15.8. The van der Waals surface area contributed by atoms with Crippen molar-refractivity contribution < 1.29 is 19.7 Å². The number of aliphatic hydroxyl groups excluding tert-OH is 2. The third kappa shape index (κ3) is 2.21. The third-order valence-corrected chi connectivity index (χ3v) is 4.11. The summed E-state index contributed by atoms with van der Waals surface area (Å²) in [5.74, 6) is 1.37. The van der Waals surface area contributed by atoms with Gasteiger partial charge in [0.2, 0.25) is 6.79 Å². The normalized spacial score (nSPS) is 12.8. The van der Waals surface area contributed by atoms with Gasteiger partial charge in [-0.2, -0.15) is 0 Å². The van der Waals surface area contributed by atoms with Crippen LogP contribution >= 0.6 is 0 Å². The van der Waals surface area contributed by atoms with Gasteiger partial charge in [0.05, 0.1) is 13.2 Å². The van der Waals surface area contributed by atoms with E-state index in [1.54, 1.807) is 12.4 Å². The smallest absolute Gasteiger partial charge is 0.231 e. The average Bonchev–Trinajstić information content (AvgIpc) is 3.06. The van der Waals surface area contributed by atoms with E-state index in [9.17, 15) is 10.2 Å². The molecule has 2 N–H and O–H groups in total. The highest BCUT2D eigenvalue weighted by Crippen LogP contribution is 2.42. The molecule has 1 aliphatic rings. The lowest BCUT2D eigenvalue weighted by Gasteiger charge is -2.16. The molecule has 0 radical (unpaired) electrons. The number of ether oxygens (including phenoxy) is 2. The Balaban J connectivity index is 2.11. The largest absolute Gasteiger partial charge is 0.454 e. The van der Waals surface area contributed by atoms with Crippen molar-refractivity contribution in [1.82, 2.24) is 4.98 Å². The van der Waals surface area contributed by atoms with E-state index < -0.39 is 0 Å². The fourth-order valence-electron chi connectivity index (χ4n) is 3.05. The van der Waals surface area contributed by atoms with Crippen LogP contribution in [0.4, 0.5) is 0 Å². The van der Waals surface area contributed by atoms with Gasteiger partial charge in [-0.25, -0.2) is 0 Å². The summed E-state index contributed by atoms with van der Waals surface area (Å²) in [7, 11) is 0. The van der Waals surface area contributed by atoms with Crippen LogP contribution in [0.5, 0.6) is 11.5 Å². The number of aliphatic hydroxyl groups is 2. The molecule has 5 heteroatoms. The quantitative estimate of drug-likeness (QED) is 0.778. The van der Waals surface area contributed by atoms with Gasteiger partial charge >= 0.3 is 0 Å². The van der Waals surface area contributed by atoms with Gasteiger partial charge in [0.25, 0.3) is 0 Å². The molecule has 2 heterocycles. The predicted octanol–water partition coefficient (Wildman–Crippen LogP) is 2.62. The first kappa shape index (κ1) is 14.0. The van der Waals surface area contributed by atoms with Crippen LogP contribution in [0.2, 0.25) is 0 Å². The lowest BCUT2D eigenvalue weighted by Crippen LogP contribution is -1.99. The number of hydrogen-bond donors (Lipinski definition) is 2. The summed E-state index contributed by atoms with van der Waals surface area (Å²) in [5, 5.41) is 21.4. The van der Waals surface area contributed by atoms with Crippen LogP contribution in [0.25, 0.3) is 21.9 Å². The molecule has 1 aromatic heterocycles. The molecule has 0 amide bonds. The molecule has 5 nitrogen and oxygen atoms in total. The number of aromatic nitrogens is 1. The molecule has 2 aromatic carbocycles. The van der Waals surface area contributed by atoms with E-state index in [1.807, 2.05) is 30.3 Å². The molecule has 0 bridgehead atoms. The lowest BCUT2D eigenvalue weighted by molar-refractivity contribution is 0.174. The second-order valence-electron chi connectivity index (χ2n) is 5.37. The molecule has 0 unspecified atom stereocenters. The van der Waals surface area contributed by atoms with Crippen LogP contribution in [0, 0.1) is 0 Å². The second kappa shape index (κ2) is 5.53. The van der Waals surface area contributed by atoms with Crippen LogP contribution < -0.4 is 9.47 Å². The first-order valence-corrected chi connectivity index (χ1v) is 7.32. The second-order valence-corrected chi connectivity index (χ2v) is 5.37. The summed E-state index contributed by atoms with van der Waals surface area (Å²) < 4.78 is 10.9. The van der Waals surface area contributed by atoms with Gasteiger partial charge in [-0.3, -0.25) is 4.98 Å². The van der Waals surface area contributed by atoms with E-state index >= 15 is 0 Å². The Hall–Kier alpha value is -2.63. The minimum Gasteiger partial charge on any atom is -0.454 e. The Bertz CT molecular complexity index is 877. The highest BCUT2D eigenvalue weighted by atomic mass is 16.7. The molecular formula is C18H15NO4. The number of benzene rings is 2. The zero-order valence-corrected chi connectivity index (χ0v) is 12.3. The van der Waals surface area contributed by atoms with Crippen LogP contribution in [0.3, 0.4) is 0 Å². The maximum absolute atomic E-state index is 9.86. The Labute approximate surface area is 132 Å².